The van der Waals surface area contributed by atoms with Gasteiger partial charge in [0.05, 0.1) is 6.54 Å². The monoisotopic (exact) mass is 379 g/mol. The number of carbonyl (C=O) groups excluding carboxylic acids is 1. The maximum Gasteiger partial charge on any atom is 0.246 e. The van der Waals surface area contributed by atoms with Crippen LogP contribution in [0.4, 0.5) is 5.69 Å². The smallest absolute Gasteiger partial charge is 0.246 e. The van der Waals surface area contributed by atoms with Crippen molar-refractivity contribution >= 4 is 11.6 Å². The van der Waals surface area contributed by atoms with Gasteiger partial charge in [0, 0.05) is 37.6 Å². The molecule has 0 saturated heterocycles. The predicted octanol–water partition coefficient (Wildman–Crippen LogP) is 3.27. The van der Waals surface area contributed by atoms with Crippen LogP contribution in [0.3, 0.4) is 0 Å². The number of nitrogens with zero attached hydrogens (tertiary/aromatic N) is 4. The van der Waals surface area contributed by atoms with Crippen LogP contribution < -0.4 is 14.8 Å². The Kier molecular flexibility index (Phi) is 4.68. The zero-order valence-electron chi connectivity index (χ0n) is 15.8. The third-order valence-electron chi connectivity index (χ3n) is 4.19. The number of ether oxygens (including phenoxy) is 2. The van der Waals surface area contributed by atoms with Crippen molar-refractivity contribution in [1.82, 2.24) is 20.2 Å². The Labute approximate surface area is 162 Å². The number of anilines is 1. The molecule has 0 radical (unpaired) electrons. The molecule has 0 spiro atoms. The number of hydrogen-bond acceptors (Lipinski definition) is 6. The van der Waals surface area contributed by atoms with Crippen LogP contribution in [0, 0.1) is 0 Å². The van der Waals surface area contributed by atoms with Crippen molar-refractivity contribution in [1.29, 1.82) is 0 Å². The second-order valence-electron chi connectivity index (χ2n) is 6.99. The van der Waals surface area contributed by atoms with Crippen LogP contribution in [-0.2, 0) is 11.3 Å². The van der Waals surface area contributed by atoms with Crippen molar-refractivity contribution in [2.24, 2.45) is 0 Å². The third-order valence-corrected chi connectivity index (χ3v) is 4.19. The van der Waals surface area contributed by atoms with E-state index in [-0.39, 0.29) is 5.91 Å². The van der Waals surface area contributed by atoms with Gasteiger partial charge in [0.15, 0.2) is 11.5 Å². The summed E-state index contributed by atoms with van der Waals surface area (Å²) in [7, 11) is 0. The number of fused-ring (bicyclic) bond motifs is 1. The van der Waals surface area contributed by atoms with Gasteiger partial charge in [0.25, 0.3) is 0 Å². The summed E-state index contributed by atoms with van der Waals surface area (Å²) in [4.78, 5) is 13.7. The fourth-order valence-corrected chi connectivity index (χ4v) is 2.95. The fourth-order valence-electron chi connectivity index (χ4n) is 2.95. The van der Waals surface area contributed by atoms with Crippen molar-refractivity contribution < 1.29 is 14.3 Å². The zero-order valence-corrected chi connectivity index (χ0v) is 15.8. The van der Waals surface area contributed by atoms with Crippen molar-refractivity contribution in [2.45, 2.75) is 39.0 Å². The molecule has 144 valence electrons. The highest BCUT2D eigenvalue weighted by Gasteiger charge is 2.31. The van der Waals surface area contributed by atoms with E-state index in [1.54, 1.807) is 18.2 Å². The third kappa shape index (κ3) is 4.11. The van der Waals surface area contributed by atoms with Gasteiger partial charge in [-0.1, -0.05) is 30.3 Å². The molecule has 0 fully saturated rings. The molecule has 28 heavy (non-hydrogen) atoms. The van der Waals surface area contributed by atoms with Crippen LogP contribution in [0.5, 0.6) is 11.5 Å². The quantitative estimate of drug-likeness (QED) is 0.707. The van der Waals surface area contributed by atoms with Crippen molar-refractivity contribution in [2.75, 3.05) is 5.32 Å². The molecule has 3 aromatic rings. The van der Waals surface area contributed by atoms with E-state index in [4.69, 9.17) is 9.47 Å². The standard InChI is InChI=1S/C20H21N5O3/c1-20(2)27-16-11-10-15(13-17(16)28-20)21-18(26)9-6-12-25-23-19(22-24-25)14-7-4-3-5-8-14/h3-5,7-8,10-11,13H,6,9,12H2,1-2H3,(H,21,26). The van der Waals surface area contributed by atoms with Crippen molar-refractivity contribution in [3.8, 4) is 22.9 Å². The number of aryl methyl sites for hydroxylation is 1. The van der Waals surface area contributed by atoms with Crippen molar-refractivity contribution in [3.05, 3.63) is 48.5 Å². The molecule has 0 unspecified atom stereocenters. The van der Waals surface area contributed by atoms with Gasteiger partial charge in [-0.25, -0.2) is 0 Å². The molecule has 2 aromatic carbocycles. The molecule has 4 rings (SSSR count). The van der Waals surface area contributed by atoms with E-state index < -0.39 is 5.79 Å². The Morgan fingerprint density at radius 1 is 1.11 bits per heavy atom. The highest BCUT2D eigenvalue weighted by Crippen LogP contribution is 2.40. The molecular formula is C20H21N5O3. The Bertz CT molecular complexity index is 985. The summed E-state index contributed by atoms with van der Waals surface area (Å²) in [6, 6.07) is 15.0. The van der Waals surface area contributed by atoms with E-state index in [1.165, 1.54) is 4.80 Å². The van der Waals surface area contributed by atoms with Gasteiger partial charge in [-0.05, 0) is 23.8 Å². The average molecular weight is 379 g/mol. The number of nitrogens with one attached hydrogen (secondary N) is 1. The van der Waals surface area contributed by atoms with E-state index >= 15 is 0 Å². The topological polar surface area (TPSA) is 91.2 Å². The maximum absolute atomic E-state index is 12.2. The molecule has 1 amide bonds. The summed E-state index contributed by atoms with van der Waals surface area (Å²) in [5.41, 5.74) is 1.59. The van der Waals surface area contributed by atoms with Gasteiger partial charge < -0.3 is 14.8 Å². The van der Waals surface area contributed by atoms with E-state index in [0.717, 1.165) is 5.56 Å². The lowest BCUT2D eigenvalue weighted by molar-refractivity contribution is -0.116. The molecule has 8 nitrogen and oxygen atoms in total. The van der Waals surface area contributed by atoms with Crippen LogP contribution in [-0.4, -0.2) is 31.9 Å². The molecule has 2 heterocycles. The lowest BCUT2D eigenvalue weighted by Gasteiger charge is -2.16. The van der Waals surface area contributed by atoms with E-state index in [0.29, 0.717) is 42.4 Å². The Morgan fingerprint density at radius 3 is 2.71 bits per heavy atom. The fraction of sp³-hybridized carbons (Fsp3) is 0.300. The SMILES string of the molecule is CC1(C)Oc2ccc(NC(=O)CCCn3nnc(-c4ccccc4)n3)cc2O1. The van der Waals surface area contributed by atoms with Gasteiger partial charge in [-0.3, -0.25) is 4.79 Å². The minimum Gasteiger partial charge on any atom is -0.449 e. The molecule has 0 bridgehead atoms. The number of rotatable bonds is 6. The second kappa shape index (κ2) is 7.30. The van der Waals surface area contributed by atoms with Gasteiger partial charge in [-0.2, -0.15) is 4.80 Å². The zero-order chi connectivity index (χ0) is 19.6. The molecule has 0 aliphatic carbocycles. The molecular weight excluding hydrogens is 358 g/mol. The first kappa shape index (κ1) is 18.0. The lowest BCUT2D eigenvalue weighted by Crippen LogP contribution is -2.29. The summed E-state index contributed by atoms with van der Waals surface area (Å²) in [5.74, 6) is 1.11. The van der Waals surface area contributed by atoms with Crippen LogP contribution >= 0.6 is 0 Å². The number of carbonyl (C=O) groups is 1. The maximum atomic E-state index is 12.2. The summed E-state index contributed by atoms with van der Waals surface area (Å²) in [5, 5.41) is 15.3. The molecule has 1 N–H and O–H groups in total. The highest BCUT2D eigenvalue weighted by atomic mass is 16.7. The first-order valence-corrected chi connectivity index (χ1v) is 9.14. The summed E-state index contributed by atoms with van der Waals surface area (Å²) >= 11 is 0. The number of hydrogen-bond donors (Lipinski definition) is 1. The molecule has 8 heteroatoms. The van der Waals surface area contributed by atoms with Crippen molar-refractivity contribution in [3.63, 3.8) is 0 Å². The average Bonchev–Trinajstić information content (AvgIpc) is 3.25. The second-order valence-corrected chi connectivity index (χ2v) is 6.99. The van der Waals surface area contributed by atoms with Crippen LogP contribution in [0.1, 0.15) is 26.7 Å². The van der Waals surface area contributed by atoms with Gasteiger partial charge >= 0.3 is 0 Å². The molecule has 0 saturated carbocycles. The van der Waals surface area contributed by atoms with Crippen LogP contribution in [0.2, 0.25) is 0 Å². The highest BCUT2D eigenvalue weighted by molar-refractivity contribution is 5.91. The van der Waals surface area contributed by atoms with E-state index in [9.17, 15) is 4.79 Å². The number of aromatic nitrogens is 4. The lowest BCUT2D eigenvalue weighted by atomic mass is 10.2. The normalized spacial score (nSPS) is 14.1. The summed E-state index contributed by atoms with van der Waals surface area (Å²) < 4.78 is 11.3. The predicted molar refractivity (Wildman–Crippen MR) is 103 cm³/mol. The van der Waals surface area contributed by atoms with Gasteiger partial charge in [-0.15, -0.1) is 10.2 Å². The van der Waals surface area contributed by atoms with Crippen LogP contribution in [0.25, 0.3) is 11.4 Å². The minimum atomic E-state index is -0.686. The first-order chi connectivity index (χ1) is 13.5. The molecule has 1 aliphatic heterocycles. The number of benzene rings is 2. The van der Waals surface area contributed by atoms with Gasteiger partial charge in [0.1, 0.15) is 0 Å². The number of amides is 1. The van der Waals surface area contributed by atoms with Crippen LogP contribution in [0.15, 0.2) is 48.5 Å². The molecule has 0 atom stereocenters. The van der Waals surface area contributed by atoms with E-state index in [2.05, 4.69) is 20.7 Å². The van der Waals surface area contributed by atoms with E-state index in [1.807, 2.05) is 44.2 Å². The summed E-state index contributed by atoms with van der Waals surface area (Å²) in [6.45, 7) is 4.20. The molecule has 1 aromatic heterocycles. The number of tetrazole rings is 1. The Hall–Kier alpha value is -3.42. The largest absolute Gasteiger partial charge is 0.449 e. The Balaban J connectivity index is 1.27. The molecule has 1 aliphatic rings. The minimum absolute atomic E-state index is 0.0819. The van der Waals surface area contributed by atoms with Gasteiger partial charge in [0.2, 0.25) is 17.5 Å². The first-order valence-electron chi connectivity index (χ1n) is 9.14. The Morgan fingerprint density at radius 2 is 1.89 bits per heavy atom. The summed E-state index contributed by atoms with van der Waals surface area (Å²) in [6.07, 6.45) is 0.955.